The van der Waals surface area contributed by atoms with Crippen LogP contribution < -0.4 is 0 Å². The predicted molar refractivity (Wildman–Crippen MR) is 74.7 cm³/mol. The highest BCUT2D eigenvalue weighted by molar-refractivity contribution is 6.17. The van der Waals surface area contributed by atoms with E-state index >= 15 is 0 Å². The summed E-state index contributed by atoms with van der Waals surface area (Å²) in [6, 6.07) is 20.3. The van der Waals surface area contributed by atoms with E-state index in [0.29, 0.717) is 6.54 Å². The number of aliphatic imine (C=N–C) groups is 1. The Kier molecular flexibility index (Phi) is 3.13. The second-order valence-electron chi connectivity index (χ2n) is 4.28. The third-order valence-electron chi connectivity index (χ3n) is 3.05. The first-order chi connectivity index (χ1) is 8.84. The Balaban J connectivity index is 1.92. The smallest absolute Gasteiger partial charge is 0.142 e. The van der Waals surface area contributed by atoms with Crippen LogP contribution in [0.2, 0.25) is 0 Å². The quantitative estimate of drug-likeness (QED) is 0.749. The van der Waals surface area contributed by atoms with Crippen molar-refractivity contribution in [3.05, 3.63) is 71.8 Å². The van der Waals surface area contributed by atoms with E-state index < -0.39 is 0 Å². The van der Waals surface area contributed by atoms with Crippen LogP contribution in [0.25, 0.3) is 0 Å². The molecule has 1 heterocycles. The Morgan fingerprint density at radius 3 is 2.22 bits per heavy atom. The molecular weight excluding hydrogens is 244 g/mol. The van der Waals surface area contributed by atoms with Gasteiger partial charge >= 0.3 is 0 Å². The molecular formula is C15H13ClN2. The minimum Gasteiger partial charge on any atom is -0.263 e. The van der Waals surface area contributed by atoms with Gasteiger partial charge in [0.2, 0.25) is 0 Å². The summed E-state index contributed by atoms with van der Waals surface area (Å²) in [6.07, 6.45) is -0.0805. The zero-order valence-electron chi connectivity index (χ0n) is 9.83. The maximum Gasteiger partial charge on any atom is 0.142 e. The van der Waals surface area contributed by atoms with E-state index in [1.165, 1.54) is 0 Å². The van der Waals surface area contributed by atoms with Crippen molar-refractivity contribution in [2.75, 3.05) is 6.54 Å². The summed E-state index contributed by atoms with van der Waals surface area (Å²) in [5.74, 6) is 0. The fourth-order valence-corrected chi connectivity index (χ4v) is 2.41. The first-order valence-corrected chi connectivity index (χ1v) is 6.28. The number of nitrogens with zero attached hydrogens (tertiary/aromatic N) is 2. The lowest BCUT2D eigenvalue weighted by molar-refractivity contribution is 0.429. The van der Waals surface area contributed by atoms with E-state index in [9.17, 15) is 0 Å². The lowest BCUT2D eigenvalue weighted by Gasteiger charge is -2.14. The number of halogens is 1. The monoisotopic (exact) mass is 256 g/mol. The fourth-order valence-electron chi connectivity index (χ4n) is 2.14. The van der Waals surface area contributed by atoms with E-state index in [-0.39, 0.29) is 6.17 Å². The predicted octanol–water partition coefficient (Wildman–Crippen LogP) is 3.64. The number of rotatable bonds is 2. The molecule has 0 bridgehead atoms. The zero-order chi connectivity index (χ0) is 12.4. The van der Waals surface area contributed by atoms with Crippen LogP contribution in [-0.2, 0) is 0 Å². The molecule has 0 amide bonds. The van der Waals surface area contributed by atoms with E-state index in [0.717, 1.165) is 16.8 Å². The number of hydrogen-bond acceptors (Lipinski definition) is 2. The molecule has 0 aromatic heterocycles. The third-order valence-corrected chi connectivity index (χ3v) is 3.35. The van der Waals surface area contributed by atoms with E-state index in [2.05, 4.69) is 24.3 Å². The summed E-state index contributed by atoms with van der Waals surface area (Å²) >= 11 is 6.28. The van der Waals surface area contributed by atoms with E-state index in [4.69, 9.17) is 16.8 Å². The molecule has 1 aliphatic heterocycles. The van der Waals surface area contributed by atoms with Crippen LogP contribution in [0.5, 0.6) is 0 Å². The number of hydrogen-bond donors (Lipinski definition) is 0. The summed E-state index contributed by atoms with van der Waals surface area (Å²) in [5.41, 5.74) is 3.31. The maximum atomic E-state index is 6.28. The molecule has 2 nitrogen and oxygen atoms in total. The Morgan fingerprint density at radius 1 is 0.944 bits per heavy atom. The lowest BCUT2D eigenvalue weighted by Crippen LogP contribution is -2.15. The van der Waals surface area contributed by atoms with Crippen molar-refractivity contribution in [2.24, 2.45) is 4.99 Å². The van der Waals surface area contributed by atoms with Gasteiger partial charge in [-0.1, -0.05) is 60.7 Å². The molecule has 2 aromatic carbocycles. The fraction of sp³-hybridized carbons (Fsp3) is 0.133. The normalized spacial score (nSPS) is 19.8. The van der Waals surface area contributed by atoms with Gasteiger partial charge in [-0.3, -0.25) is 4.99 Å². The molecule has 1 atom stereocenters. The summed E-state index contributed by atoms with van der Waals surface area (Å²) in [7, 11) is 0. The zero-order valence-corrected chi connectivity index (χ0v) is 10.6. The van der Waals surface area contributed by atoms with E-state index in [1.807, 2.05) is 36.4 Å². The van der Waals surface area contributed by atoms with Crippen LogP contribution in [0.4, 0.5) is 0 Å². The van der Waals surface area contributed by atoms with Gasteiger partial charge in [0.1, 0.15) is 6.17 Å². The number of benzene rings is 2. The molecule has 0 spiro atoms. The van der Waals surface area contributed by atoms with Gasteiger partial charge in [-0.2, -0.15) is 4.42 Å². The molecule has 0 saturated carbocycles. The maximum absolute atomic E-state index is 6.28. The molecule has 0 aliphatic carbocycles. The topological polar surface area (TPSA) is 15.6 Å². The summed E-state index contributed by atoms with van der Waals surface area (Å²) in [5, 5.41) is 0. The molecule has 0 saturated heterocycles. The van der Waals surface area contributed by atoms with Crippen LogP contribution in [-0.4, -0.2) is 16.7 Å². The van der Waals surface area contributed by atoms with Gasteiger partial charge in [0.25, 0.3) is 0 Å². The Labute approximate surface area is 112 Å². The Bertz CT molecular complexity index is 551. The second kappa shape index (κ2) is 4.92. The summed E-state index contributed by atoms with van der Waals surface area (Å²) < 4.78 is 1.75. The van der Waals surface area contributed by atoms with Crippen molar-refractivity contribution in [1.82, 2.24) is 4.42 Å². The van der Waals surface area contributed by atoms with Crippen molar-refractivity contribution in [3.63, 3.8) is 0 Å². The van der Waals surface area contributed by atoms with Crippen LogP contribution in [0, 0.1) is 0 Å². The minimum absolute atomic E-state index is 0.0805. The molecule has 3 rings (SSSR count). The van der Waals surface area contributed by atoms with E-state index in [1.54, 1.807) is 4.42 Å². The molecule has 2 aromatic rings. The average molecular weight is 257 g/mol. The minimum atomic E-state index is -0.0805. The van der Waals surface area contributed by atoms with Crippen molar-refractivity contribution in [1.29, 1.82) is 0 Å². The molecule has 18 heavy (non-hydrogen) atoms. The summed E-state index contributed by atoms with van der Waals surface area (Å²) in [4.78, 5) is 4.72. The van der Waals surface area contributed by atoms with Gasteiger partial charge in [-0.25, -0.2) is 0 Å². The highest BCUT2D eigenvalue weighted by atomic mass is 35.5. The molecule has 0 radical (unpaired) electrons. The lowest BCUT2D eigenvalue weighted by atomic mass is 10.1. The average Bonchev–Trinajstić information content (AvgIpc) is 2.83. The highest BCUT2D eigenvalue weighted by Gasteiger charge is 2.26. The molecule has 1 aliphatic rings. The van der Waals surface area contributed by atoms with Gasteiger partial charge in [0, 0.05) is 0 Å². The van der Waals surface area contributed by atoms with Crippen molar-refractivity contribution >= 4 is 17.5 Å². The van der Waals surface area contributed by atoms with Crippen LogP contribution >= 0.6 is 11.8 Å². The Morgan fingerprint density at radius 2 is 1.56 bits per heavy atom. The second-order valence-corrected chi connectivity index (χ2v) is 4.72. The summed E-state index contributed by atoms with van der Waals surface area (Å²) in [6.45, 7) is 0.672. The molecule has 0 fully saturated rings. The van der Waals surface area contributed by atoms with Crippen LogP contribution in [0.15, 0.2) is 65.7 Å². The molecule has 0 N–H and O–H groups in total. The van der Waals surface area contributed by atoms with Crippen molar-refractivity contribution in [3.8, 4) is 0 Å². The van der Waals surface area contributed by atoms with Gasteiger partial charge in [0.05, 0.1) is 12.3 Å². The van der Waals surface area contributed by atoms with Gasteiger partial charge in [0.15, 0.2) is 0 Å². The van der Waals surface area contributed by atoms with Gasteiger partial charge in [-0.05, 0) is 22.9 Å². The van der Waals surface area contributed by atoms with Crippen molar-refractivity contribution < 1.29 is 0 Å². The van der Waals surface area contributed by atoms with Crippen molar-refractivity contribution in [2.45, 2.75) is 6.17 Å². The van der Waals surface area contributed by atoms with Crippen LogP contribution in [0.3, 0.4) is 0 Å². The third kappa shape index (κ3) is 2.17. The largest absolute Gasteiger partial charge is 0.263 e. The standard InChI is InChI=1S/C15H13ClN2/c16-18-11-14(12-7-3-1-4-8-12)17-15(18)13-9-5-2-6-10-13/h1-10,15H,11H2. The van der Waals surface area contributed by atoms with Crippen LogP contribution in [0.1, 0.15) is 17.3 Å². The first-order valence-electron chi connectivity index (χ1n) is 5.94. The van der Waals surface area contributed by atoms with Gasteiger partial charge < -0.3 is 0 Å². The highest BCUT2D eigenvalue weighted by Crippen LogP contribution is 2.30. The Hall–Kier alpha value is -1.64. The first kappa shape index (κ1) is 11.5. The molecule has 90 valence electrons. The molecule has 3 heteroatoms. The SMILES string of the molecule is ClN1CC(c2ccccc2)=NC1c1ccccc1. The van der Waals surface area contributed by atoms with Gasteiger partial charge in [-0.15, -0.1) is 0 Å². The molecule has 1 unspecified atom stereocenters.